The number of guanidine groups is 1. The van der Waals surface area contributed by atoms with Crippen LogP contribution >= 0.6 is 11.8 Å². The van der Waals surface area contributed by atoms with Crippen LogP contribution in [0.1, 0.15) is 0 Å². The first kappa shape index (κ1) is 21.2. The average molecular weight is 430 g/mol. The summed E-state index contributed by atoms with van der Waals surface area (Å²) in [5.41, 5.74) is 1.01. The van der Waals surface area contributed by atoms with Crippen LogP contribution in [0.3, 0.4) is 0 Å². The summed E-state index contributed by atoms with van der Waals surface area (Å²) in [6, 6.07) is 6.54. The topological polar surface area (TPSA) is 68.2 Å². The number of hydrogen-bond acceptors (Lipinski definition) is 5. The summed E-state index contributed by atoms with van der Waals surface area (Å²) in [6.45, 7) is 4.70. The molecule has 10 heteroatoms. The molecule has 0 amide bonds. The lowest BCUT2D eigenvalue weighted by Crippen LogP contribution is -2.53. The molecule has 1 aromatic rings. The molecule has 0 atom stereocenters. The van der Waals surface area contributed by atoms with E-state index in [4.69, 9.17) is 0 Å². The predicted molar refractivity (Wildman–Crippen MR) is 114 cm³/mol. The molecule has 0 aromatic heterocycles. The molecule has 2 aliphatic heterocycles. The second-order valence-electron chi connectivity index (χ2n) is 6.75. The van der Waals surface area contributed by atoms with Crippen LogP contribution in [0.4, 0.5) is 10.1 Å². The van der Waals surface area contributed by atoms with Crippen LogP contribution in [-0.2, 0) is 10.0 Å². The summed E-state index contributed by atoms with van der Waals surface area (Å²) in [5, 5.41) is 3.19. The first-order valence-electron chi connectivity index (χ1n) is 9.51. The molecular formula is C18H28FN5O2S2. The summed E-state index contributed by atoms with van der Waals surface area (Å²) >= 11 is 1.80. The van der Waals surface area contributed by atoms with Crippen LogP contribution in [-0.4, -0.2) is 93.7 Å². The number of anilines is 1. The maximum atomic E-state index is 13.1. The number of sulfonamides is 1. The lowest BCUT2D eigenvalue weighted by molar-refractivity contribution is 0.373. The third-order valence-electron chi connectivity index (χ3n) is 4.99. The quantitative estimate of drug-likeness (QED) is 0.554. The van der Waals surface area contributed by atoms with E-state index in [-0.39, 0.29) is 11.6 Å². The van der Waals surface area contributed by atoms with Gasteiger partial charge in [0, 0.05) is 70.1 Å². The van der Waals surface area contributed by atoms with Crippen LogP contribution in [0.15, 0.2) is 29.3 Å². The van der Waals surface area contributed by atoms with Crippen molar-refractivity contribution in [1.82, 2.24) is 14.5 Å². The third-order valence-corrected chi connectivity index (χ3v) is 7.80. The van der Waals surface area contributed by atoms with Gasteiger partial charge in [0.1, 0.15) is 5.82 Å². The van der Waals surface area contributed by atoms with Gasteiger partial charge >= 0.3 is 0 Å². The zero-order valence-electron chi connectivity index (χ0n) is 16.2. The van der Waals surface area contributed by atoms with Gasteiger partial charge in [-0.2, -0.15) is 11.8 Å². The monoisotopic (exact) mass is 429 g/mol. The van der Waals surface area contributed by atoms with Gasteiger partial charge in [-0.05, 0) is 24.3 Å². The lowest BCUT2D eigenvalue weighted by Gasteiger charge is -2.37. The molecule has 0 saturated carbocycles. The van der Waals surface area contributed by atoms with Gasteiger partial charge in [-0.15, -0.1) is 0 Å². The van der Waals surface area contributed by atoms with E-state index in [9.17, 15) is 12.8 Å². The van der Waals surface area contributed by atoms with Crippen LogP contribution in [0.25, 0.3) is 0 Å². The summed E-state index contributed by atoms with van der Waals surface area (Å²) < 4.78 is 39.6. The van der Waals surface area contributed by atoms with Gasteiger partial charge in [0.15, 0.2) is 5.96 Å². The van der Waals surface area contributed by atoms with Crippen LogP contribution in [0.5, 0.6) is 0 Å². The van der Waals surface area contributed by atoms with Crippen LogP contribution in [0, 0.1) is 5.82 Å². The largest absolute Gasteiger partial charge is 0.368 e. The van der Waals surface area contributed by atoms with Crippen molar-refractivity contribution in [3.05, 3.63) is 30.1 Å². The standard InChI is InChI=1S/C18H28FN5O2S2/c1-20-18(21-6-15-28(25,26)24-11-13-27-14-12-24)23-9-7-22(8-10-23)17-4-2-16(19)3-5-17/h2-5H,6-15H2,1H3,(H,20,21). The van der Waals surface area contributed by atoms with E-state index in [2.05, 4.69) is 20.1 Å². The first-order chi connectivity index (χ1) is 13.5. The number of nitrogens with zero attached hydrogens (tertiary/aromatic N) is 4. The molecule has 7 nitrogen and oxygen atoms in total. The molecule has 0 unspecified atom stereocenters. The summed E-state index contributed by atoms with van der Waals surface area (Å²) in [4.78, 5) is 8.64. The van der Waals surface area contributed by atoms with Gasteiger partial charge in [-0.3, -0.25) is 4.99 Å². The molecule has 2 heterocycles. The minimum atomic E-state index is -3.22. The fourth-order valence-corrected chi connectivity index (χ4v) is 5.90. The van der Waals surface area contributed by atoms with Gasteiger partial charge < -0.3 is 15.1 Å². The molecule has 28 heavy (non-hydrogen) atoms. The fraction of sp³-hybridized carbons (Fsp3) is 0.611. The Labute approximate surface area is 171 Å². The molecule has 2 aliphatic rings. The molecule has 0 radical (unpaired) electrons. The van der Waals surface area contributed by atoms with Gasteiger partial charge in [0.2, 0.25) is 10.0 Å². The fourth-order valence-electron chi connectivity index (χ4n) is 3.41. The van der Waals surface area contributed by atoms with Crippen molar-refractivity contribution in [2.45, 2.75) is 0 Å². The minimum Gasteiger partial charge on any atom is -0.368 e. The van der Waals surface area contributed by atoms with Gasteiger partial charge in [0.05, 0.1) is 5.75 Å². The van der Waals surface area contributed by atoms with E-state index in [1.165, 1.54) is 12.1 Å². The van der Waals surface area contributed by atoms with E-state index in [0.29, 0.717) is 19.6 Å². The Morgan fingerprint density at radius 3 is 2.36 bits per heavy atom. The second-order valence-corrected chi connectivity index (χ2v) is 10.1. The van der Waals surface area contributed by atoms with Crippen molar-refractivity contribution in [1.29, 1.82) is 0 Å². The number of nitrogens with one attached hydrogen (secondary N) is 1. The van der Waals surface area contributed by atoms with Crippen molar-refractivity contribution in [2.75, 3.05) is 75.0 Å². The zero-order chi connectivity index (χ0) is 20.0. The summed E-state index contributed by atoms with van der Waals surface area (Å²) in [6.07, 6.45) is 0. The van der Waals surface area contributed by atoms with Gasteiger partial charge in [-0.25, -0.2) is 17.1 Å². The molecule has 156 valence electrons. The second kappa shape index (κ2) is 9.80. The number of piperazine rings is 1. The Morgan fingerprint density at radius 1 is 1.11 bits per heavy atom. The normalized spacial score (nSPS) is 19.7. The molecule has 1 N–H and O–H groups in total. The number of benzene rings is 1. The molecule has 3 rings (SSSR count). The van der Waals surface area contributed by atoms with E-state index in [1.54, 1.807) is 35.2 Å². The van der Waals surface area contributed by atoms with E-state index >= 15 is 0 Å². The SMILES string of the molecule is CN=C(NCCS(=O)(=O)N1CCSCC1)N1CCN(c2ccc(F)cc2)CC1. The predicted octanol–water partition coefficient (Wildman–Crippen LogP) is 0.902. The van der Waals surface area contributed by atoms with Gasteiger partial charge in [0.25, 0.3) is 0 Å². The highest BCUT2D eigenvalue weighted by Gasteiger charge is 2.24. The number of thioether (sulfide) groups is 1. The Kier molecular flexibility index (Phi) is 7.42. The highest BCUT2D eigenvalue weighted by molar-refractivity contribution is 7.99. The Hall–Kier alpha value is -1.52. The smallest absolute Gasteiger partial charge is 0.215 e. The molecule has 2 saturated heterocycles. The average Bonchev–Trinajstić information content (AvgIpc) is 2.73. The van der Waals surface area contributed by atoms with E-state index in [1.807, 2.05) is 0 Å². The van der Waals surface area contributed by atoms with E-state index in [0.717, 1.165) is 49.3 Å². The third kappa shape index (κ3) is 5.51. The van der Waals surface area contributed by atoms with Crippen LogP contribution < -0.4 is 10.2 Å². The molecule has 0 spiro atoms. The number of rotatable bonds is 5. The highest BCUT2D eigenvalue weighted by Crippen LogP contribution is 2.17. The molecular weight excluding hydrogens is 401 g/mol. The Morgan fingerprint density at radius 2 is 1.75 bits per heavy atom. The Bertz CT molecular complexity index is 759. The maximum absolute atomic E-state index is 13.1. The summed E-state index contributed by atoms with van der Waals surface area (Å²) in [5.74, 6) is 2.30. The molecule has 2 fully saturated rings. The van der Waals surface area contributed by atoms with Crippen molar-refractivity contribution in [3.8, 4) is 0 Å². The highest BCUT2D eigenvalue weighted by atomic mass is 32.2. The van der Waals surface area contributed by atoms with Gasteiger partial charge in [-0.1, -0.05) is 0 Å². The molecule has 0 bridgehead atoms. The van der Waals surface area contributed by atoms with Crippen molar-refractivity contribution >= 4 is 33.4 Å². The van der Waals surface area contributed by atoms with Crippen molar-refractivity contribution in [2.24, 2.45) is 4.99 Å². The first-order valence-corrected chi connectivity index (χ1v) is 12.3. The number of halogens is 1. The molecule has 0 aliphatic carbocycles. The number of aliphatic imine (C=N–C) groups is 1. The van der Waals surface area contributed by atoms with E-state index < -0.39 is 10.0 Å². The lowest BCUT2D eigenvalue weighted by atomic mass is 10.2. The van der Waals surface area contributed by atoms with Crippen molar-refractivity contribution in [3.63, 3.8) is 0 Å². The molecule has 1 aromatic carbocycles. The maximum Gasteiger partial charge on any atom is 0.215 e. The van der Waals surface area contributed by atoms with Crippen LogP contribution in [0.2, 0.25) is 0 Å². The zero-order valence-corrected chi connectivity index (χ0v) is 17.8. The Balaban J connectivity index is 1.46. The van der Waals surface area contributed by atoms with Crippen molar-refractivity contribution < 1.29 is 12.8 Å². The summed E-state index contributed by atoms with van der Waals surface area (Å²) in [7, 11) is -1.51. The number of hydrogen-bond donors (Lipinski definition) is 1. The minimum absolute atomic E-state index is 0.0756.